The first-order valence-corrected chi connectivity index (χ1v) is 5.74. The Balaban J connectivity index is 4.20. The lowest BCUT2D eigenvalue weighted by Gasteiger charge is -2.30. The van der Waals surface area contributed by atoms with Gasteiger partial charge in [0.25, 0.3) is 0 Å². The van der Waals surface area contributed by atoms with Gasteiger partial charge in [-0.15, -0.1) is 0 Å². The molecule has 0 aromatic carbocycles. The zero-order valence-electron chi connectivity index (χ0n) is 10.7. The fourth-order valence-corrected chi connectivity index (χ4v) is 1.46. The van der Waals surface area contributed by atoms with Crippen molar-refractivity contribution in [3.63, 3.8) is 0 Å². The van der Waals surface area contributed by atoms with Gasteiger partial charge in [0, 0.05) is 32.6 Å². The molecule has 100 valence electrons. The number of aliphatic carboxylic acids is 1. The standard InChI is InChI=1S/C11H22N2O4/c1-9(2)13(7-8-14)11(17)12(3)6-4-5-10(15)16/h9,14H,4-8H2,1-3H3,(H,15,16). The summed E-state index contributed by atoms with van der Waals surface area (Å²) in [5.41, 5.74) is 0. The summed E-state index contributed by atoms with van der Waals surface area (Å²) in [7, 11) is 1.64. The Morgan fingerprint density at radius 3 is 2.24 bits per heavy atom. The molecule has 0 aliphatic carbocycles. The van der Waals surface area contributed by atoms with Gasteiger partial charge in [-0.1, -0.05) is 0 Å². The highest BCUT2D eigenvalue weighted by molar-refractivity contribution is 5.74. The number of aliphatic hydroxyl groups excluding tert-OH is 1. The molecule has 0 aliphatic rings. The molecule has 0 unspecified atom stereocenters. The Morgan fingerprint density at radius 1 is 1.24 bits per heavy atom. The molecule has 0 aromatic heterocycles. The van der Waals surface area contributed by atoms with Crippen molar-refractivity contribution in [2.45, 2.75) is 32.7 Å². The van der Waals surface area contributed by atoms with E-state index in [1.807, 2.05) is 13.8 Å². The number of carboxylic acids is 1. The third-order valence-electron chi connectivity index (χ3n) is 2.42. The average Bonchev–Trinajstić information content (AvgIpc) is 2.23. The van der Waals surface area contributed by atoms with Crippen LogP contribution in [0.2, 0.25) is 0 Å². The third-order valence-corrected chi connectivity index (χ3v) is 2.42. The maximum absolute atomic E-state index is 11.9. The number of amides is 2. The van der Waals surface area contributed by atoms with Crippen molar-refractivity contribution in [2.75, 3.05) is 26.7 Å². The lowest BCUT2D eigenvalue weighted by Crippen LogP contribution is -2.46. The summed E-state index contributed by atoms with van der Waals surface area (Å²) in [6.07, 6.45) is 0.488. The second kappa shape index (κ2) is 7.89. The molecule has 17 heavy (non-hydrogen) atoms. The quantitative estimate of drug-likeness (QED) is 0.689. The minimum atomic E-state index is -0.859. The predicted molar refractivity (Wildman–Crippen MR) is 63.8 cm³/mol. The van der Waals surface area contributed by atoms with Crippen LogP contribution in [0, 0.1) is 0 Å². The summed E-state index contributed by atoms with van der Waals surface area (Å²) in [6.45, 7) is 4.36. The summed E-state index contributed by atoms with van der Waals surface area (Å²) in [5.74, 6) is -0.859. The van der Waals surface area contributed by atoms with Crippen LogP contribution in [-0.2, 0) is 4.79 Å². The molecule has 0 atom stereocenters. The number of carbonyl (C=O) groups is 2. The van der Waals surface area contributed by atoms with Crippen LogP contribution in [0.3, 0.4) is 0 Å². The van der Waals surface area contributed by atoms with Gasteiger partial charge < -0.3 is 20.0 Å². The summed E-state index contributed by atoms with van der Waals surface area (Å²) in [4.78, 5) is 25.3. The van der Waals surface area contributed by atoms with Gasteiger partial charge in [0.1, 0.15) is 0 Å². The minimum Gasteiger partial charge on any atom is -0.481 e. The van der Waals surface area contributed by atoms with E-state index in [4.69, 9.17) is 10.2 Å². The monoisotopic (exact) mass is 246 g/mol. The summed E-state index contributed by atoms with van der Waals surface area (Å²) in [5, 5.41) is 17.4. The van der Waals surface area contributed by atoms with Crippen molar-refractivity contribution in [1.29, 1.82) is 0 Å². The van der Waals surface area contributed by atoms with Gasteiger partial charge in [0.05, 0.1) is 6.61 Å². The van der Waals surface area contributed by atoms with E-state index in [1.54, 1.807) is 11.9 Å². The number of rotatable bonds is 7. The Labute approximate surface area is 102 Å². The molecular weight excluding hydrogens is 224 g/mol. The van der Waals surface area contributed by atoms with E-state index in [0.717, 1.165) is 0 Å². The van der Waals surface area contributed by atoms with E-state index >= 15 is 0 Å². The molecule has 2 amide bonds. The zero-order valence-corrected chi connectivity index (χ0v) is 10.7. The van der Waals surface area contributed by atoms with Crippen molar-refractivity contribution >= 4 is 12.0 Å². The summed E-state index contributed by atoms with van der Waals surface area (Å²) in [6, 6.07) is -0.170. The maximum atomic E-state index is 11.9. The lowest BCUT2D eigenvalue weighted by atomic mass is 10.3. The van der Waals surface area contributed by atoms with Crippen LogP contribution in [-0.4, -0.2) is 64.8 Å². The molecule has 0 heterocycles. The first-order valence-electron chi connectivity index (χ1n) is 5.74. The number of hydrogen-bond acceptors (Lipinski definition) is 3. The van der Waals surface area contributed by atoms with Gasteiger partial charge in [0.15, 0.2) is 0 Å². The first-order chi connectivity index (χ1) is 7.90. The Bertz CT molecular complexity index is 256. The molecule has 0 aliphatic heterocycles. The maximum Gasteiger partial charge on any atom is 0.320 e. The molecule has 0 radical (unpaired) electrons. The second-order valence-corrected chi connectivity index (χ2v) is 4.21. The van der Waals surface area contributed by atoms with Crippen LogP contribution in [0.25, 0.3) is 0 Å². The zero-order chi connectivity index (χ0) is 13.4. The minimum absolute atomic E-state index is 0.0107. The smallest absolute Gasteiger partial charge is 0.320 e. The molecule has 0 fully saturated rings. The molecule has 0 aromatic rings. The van der Waals surface area contributed by atoms with Crippen molar-refractivity contribution in [3.05, 3.63) is 0 Å². The number of hydrogen-bond donors (Lipinski definition) is 2. The highest BCUT2D eigenvalue weighted by atomic mass is 16.4. The number of carbonyl (C=O) groups excluding carboxylic acids is 1. The van der Waals surface area contributed by atoms with E-state index in [9.17, 15) is 9.59 Å². The van der Waals surface area contributed by atoms with E-state index in [1.165, 1.54) is 4.90 Å². The number of urea groups is 1. The lowest BCUT2D eigenvalue weighted by molar-refractivity contribution is -0.137. The van der Waals surface area contributed by atoms with Crippen LogP contribution in [0.4, 0.5) is 4.79 Å². The normalized spacial score (nSPS) is 10.4. The van der Waals surface area contributed by atoms with Crippen LogP contribution in [0.5, 0.6) is 0 Å². The van der Waals surface area contributed by atoms with E-state index in [2.05, 4.69) is 0 Å². The summed E-state index contributed by atoms with van der Waals surface area (Å²) < 4.78 is 0. The van der Waals surface area contributed by atoms with Crippen LogP contribution in [0.1, 0.15) is 26.7 Å². The Hall–Kier alpha value is -1.30. The van der Waals surface area contributed by atoms with Crippen molar-refractivity contribution in [3.8, 4) is 0 Å². The highest BCUT2D eigenvalue weighted by Crippen LogP contribution is 2.04. The number of aliphatic hydroxyl groups is 1. The molecular formula is C11H22N2O4. The molecule has 6 heteroatoms. The van der Waals surface area contributed by atoms with Crippen LogP contribution >= 0.6 is 0 Å². The van der Waals surface area contributed by atoms with Gasteiger partial charge in [-0.3, -0.25) is 4.79 Å². The molecule has 0 rings (SSSR count). The van der Waals surface area contributed by atoms with Gasteiger partial charge in [-0.25, -0.2) is 4.79 Å². The third kappa shape index (κ3) is 6.11. The largest absolute Gasteiger partial charge is 0.481 e. The van der Waals surface area contributed by atoms with Crippen LogP contribution in [0.15, 0.2) is 0 Å². The van der Waals surface area contributed by atoms with Crippen molar-refractivity contribution in [1.82, 2.24) is 9.80 Å². The molecule has 0 spiro atoms. The first kappa shape index (κ1) is 15.7. The van der Waals surface area contributed by atoms with Gasteiger partial charge in [-0.05, 0) is 20.3 Å². The molecule has 0 saturated carbocycles. The Kier molecular flexibility index (Phi) is 7.29. The fraction of sp³-hybridized carbons (Fsp3) is 0.818. The van der Waals surface area contributed by atoms with Crippen molar-refractivity contribution in [2.24, 2.45) is 0 Å². The number of nitrogens with zero attached hydrogens (tertiary/aromatic N) is 2. The fourth-order valence-electron chi connectivity index (χ4n) is 1.46. The summed E-state index contributed by atoms with van der Waals surface area (Å²) >= 11 is 0. The highest BCUT2D eigenvalue weighted by Gasteiger charge is 2.19. The second-order valence-electron chi connectivity index (χ2n) is 4.21. The van der Waals surface area contributed by atoms with Gasteiger partial charge in [0.2, 0.25) is 0 Å². The molecule has 0 bridgehead atoms. The SMILES string of the molecule is CC(C)N(CCO)C(=O)N(C)CCCC(=O)O. The molecule has 0 saturated heterocycles. The average molecular weight is 246 g/mol. The van der Waals surface area contributed by atoms with Crippen molar-refractivity contribution < 1.29 is 19.8 Å². The van der Waals surface area contributed by atoms with E-state index in [-0.39, 0.29) is 25.1 Å². The predicted octanol–water partition coefficient (Wildman–Crippen LogP) is 0.606. The van der Waals surface area contributed by atoms with Gasteiger partial charge >= 0.3 is 12.0 Å². The van der Waals surface area contributed by atoms with E-state index < -0.39 is 5.97 Å². The molecule has 2 N–H and O–H groups in total. The van der Waals surface area contributed by atoms with Crippen LogP contribution < -0.4 is 0 Å². The number of carboxylic acid groups (broad SMARTS) is 1. The Morgan fingerprint density at radius 2 is 1.82 bits per heavy atom. The molecule has 6 nitrogen and oxygen atoms in total. The topological polar surface area (TPSA) is 81.1 Å². The van der Waals surface area contributed by atoms with E-state index in [0.29, 0.717) is 19.5 Å². The van der Waals surface area contributed by atoms with Gasteiger partial charge in [-0.2, -0.15) is 0 Å².